The molecule has 0 bridgehead atoms. The highest BCUT2D eigenvalue weighted by atomic mass is 16.5. The van der Waals surface area contributed by atoms with E-state index in [0.717, 1.165) is 0 Å². The van der Waals surface area contributed by atoms with Crippen LogP contribution in [0.5, 0.6) is 11.5 Å². The van der Waals surface area contributed by atoms with E-state index in [-0.39, 0.29) is 35.6 Å². The minimum atomic E-state index is -1.42. The Bertz CT molecular complexity index is 563. The molecule has 8 heteroatoms. The third-order valence-electron chi connectivity index (χ3n) is 2.72. The fourth-order valence-electron chi connectivity index (χ4n) is 1.67. The minimum absolute atomic E-state index is 0.00453. The number of nitrogens with zero attached hydrogens (tertiary/aromatic N) is 4. The SMILES string of the molecule is COc1cc(C#N)cc(C(O)C(O)CCN=[N+]=[N-])c1O. The average molecular weight is 278 g/mol. The van der Waals surface area contributed by atoms with Crippen molar-refractivity contribution in [2.24, 2.45) is 5.11 Å². The Morgan fingerprint density at radius 1 is 1.50 bits per heavy atom. The fourth-order valence-corrected chi connectivity index (χ4v) is 1.67. The third-order valence-corrected chi connectivity index (χ3v) is 2.72. The van der Waals surface area contributed by atoms with E-state index >= 15 is 0 Å². The summed E-state index contributed by atoms with van der Waals surface area (Å²) in [6.07, 6.45) is -2.65. The number of methoxy groups -OCH3 is 1. The molecule has 0 saturated carbocycles. The normalized spacial score (nSPS) is 12.9. The Balaban J connectivity index is 3.05. The molecule has 0 amide bonds. The highest BCUT2D eigenvalue weighted by Crippen LogP contribution is 2.36. The first kappa shape index (κ1) is 15.6. The summed E-state index contributed by atoms with van der Waals surface area (Å²) in [6, 6.07) is 4.45. The van der Waals surface area contributed by atoms with Gasteiger partial charge in [0, 0.05) is 23.1 Å². The van der Waals surface area contributed by atoms with Gasteiger partial charge in [-0.05, 0) is 18.0 Å². The summed E-state index contributed by atoms with van der Waals surface area (Å²) in [5.74, 6) is -0.317. The molecule has 8 nitrogen and oxygen atoms in total. The molecule has 0 aliphatic carbocycles. The van der Waals surface area contributed by atoms with Gasteiger partial charge in [0.25, 0.3) is 0 Å². The van der Waals surface area contributed by atoms with Gasteiger partial charge in [0.2, 0.25) is 0 Å². The Hall–Kier alpha value is -2.46. The lowest BCUT2D eigenvalue weighted by molar-refractivity contribution is 0.0135. The van der Waals surface area contributed by atoms with Gasteiger partial charge in [-0.2, -0.15) is 5.26 Å². The molecule has 0 radical (unpaired) electrons. The number of hydrogen-bond donors (Lipinski definition) is 3. The maximum Gasteiger partial charge on any atom is 0.163 e. The Labute approximate surface area is 115 Å². The highest BCUT2D eigenvalue weighted by molar-refractivity contribution is 5.52. The topological polar surface area (TPSA) is 142 Å². The van der Waals surface area contributed by atoms with E-state index in [1.54, 1.807) is 0 Å². The third kappa shape index (κ3) is 3.52. The molecule has 0 aliphatic heterocycles. The quantitative estimate of drug-likeness (QED) is 0.409. The molecule has 0 saturated heterocycles. The van der Waals surface area contributed by atoms with Crippen LogP contribution in [-0.4, -0.2) is 35.1 Å². The first-order chi connectivity index (χ1) is 9.54. The summed E-state index contributed by atoms with van der Waals surface area (Å²) in [7, 11) is 1.31. The average Bonchev–Trinajstić information content (AvgIpc) is 2.46. The van der Waals surface area contributed by atoms with Crippen LogP contribution in [0.1, 0.15) is 23.7 Å². The zero-order chi connectivity index (χ0) is 15.1. The molecule has 1 aromatic carbocycles. The van der Waals surface area contributed by atoms with Crippen LogP contribution in [0, 0.1) is 11.3 Å². The van der Waals surface area contributed by atoms with Gasteiger partial charge in [0.15, 0.2) is 11.5 Å². The maximum atomic E-state index is 10.00. The number of benzene rings is 1. The van der Waals surface area contributed by atoms with E-state index in [0.29, 0.717) is 0 Å². The van der Waals surface area contributed by atoms with Crippen molar-refractivity contribution in [3.8, 4) is 17.6 Å². The van der Waals surface area contributed by atoms with Gasteiger partial charge in [0.1, 0.15) is 6.10 Å². The van der Waals surface area contributed by atoms with Gasteiger partial charge in [-0.25, -0.2) is 0 Å². The molecular weight excluding hydrogens is 264 g/mol. The minimum Gasteiger partial charge on any atom is -0.504 e. The van der Waals surface area contributed by atoms with Gasteiger partial charge in [-0.3, -0.25) is 0 Å². The summed E-state index contributed by atoms with van der Waals surface area (Å²) in [5, 5.41) is 41.8. The number of rotatable bonds is 6. The van der Waals surface area contributed by atoms with Crippen molar-refractivity contribution in [3.05, 3.63) is 33.7 Å². The van der Waals surface area contributed by atoms with E-state index in [1.807, 2.05) is 6.07 Å². The van der Waals surface area contributed by atoms with Crippen molar-refractivity contribution in [3.63, 3.8) is 0 Å². The lowest BCUT2D eigenvalue weighted by Crippen LogP contribution is -2.19. The van der Waals surface area contributed by atoms with Crippen LogP contribution in [-0.2, 0) is 0 Å². The smallest absolute Gasteiger partial charge is 0.163 e. The summed E-state index contributed by atoms with van der Waals surface area (Å²) < 4.78 is 4.90. The molecule has 2 atom stereocenters. The number of nitriles is 1. The van der Waals surface area contributed by atoms with Crippen LogP contribution < -0.4 is 4.74 Å². The number of ether oxygens (including phenoxy) is 1. The van der Waals surface area contributed by atoms with E-state index in [9.17, 15) is 15.3 Å². The number of hydrogen-bond acceptors (Lipinski definition) is 6. The lowest BCUT2D eigenvalue weighted by Gasteiger charge is -2.19. The van der Waals surface area contributed by atoms with Gasteiger partial charge >= 0.3 is 0 Å². The first-order valence-electron chi connectivity index (χ1n) is 5.73. The molecule has 0 fully saturated rings. The van der Waals surface area contributed by atoms with Gasteiger partial charge in [-0.1, -0.05) is 5.11 Å². The van der Waals surface area contributed by atoms with Gasteiger partial charge in [0.05, 0.1) is 24.8 Å². The number of aliphatic hydroxyl groups excluding tert-OH is 2. The Morgan fingerprint density at radius 3 is 2.75 bits per heavy atom. The number of aromatic hydroxyl groups is 1. The standard InChI is InChI=1S/C12H14N4O4/c1-20-10-5-7(6-13)4-8(12(10)19)11(18)9(17)2-3-15-16-14/h4-5,9,11,17-19H,2-3H2,1H3. The lowest BCUT2D eigenvalue weighted by atomic mass is 9.98. The van der Waals surface area contributed by atoms with Gasteiger partial charge in [-0.15, -0.1) is 0 Å². The summed E-state index contributed by atoms with van der Waals surface area (Å²) in [6.45, 7) is 0.00453. The summed E-state index contributed by atoms with van der Waals surface area (Å²) in [5.41, 5.74) is 8.29. The van der Waals surface area contributed by atoms with Crippen LogP contribution >= 0.6 is 0 Å². The number of phenols is 1. The van der Waals surface area contributed by atoms with E-state index in [1.165, 1.54) is 19.2 Å². The molecule has 1 rings (SSSR count). The monoisotopic (exact) mass is 278 g/mol. The molecule has 2 unspecified atom stereocenters. The molecule has 0 spiro atoms. The second kappa shape index (κ2) is 7.21. The van der Waals surface area contributed by atoms with E-state index in [4.69, 9.17) is 15.5 Å². The summed E-state index contributed by atoms with van der Waals surface area (Å²) >= 11 is 0. The predicted octanol–water partition coefficient (Wildman–Crippen LogP) is 1.37. The maximum absolute atomic E-state index is 10.00. The van der Waals surface area contributed by atoms with Crippen molar-refractivity contribution in [2.45, 2.75) is 18.6 Å². The van der Waals surface area contributed by atoms with Crippen LogP contribution in [0.25, 0.3) is 10.4 Å². The molecule has 0 aliphatic rings. The molecule has 3 N–H and O–H groups in total. The van der Waals surface area contributed by atoms with Crippen LogP contribution in [0.3, 0.4) is 0 Å². The Morgan fingerprint density at radius 2 is 2.20 bits per heavy atom. The van der Waals surface area contributed by atoms with Crippen LogP contribution in [0.2, 0.25) is 0 Å². The van der Waals surface area contributed by atoms with Crippen molar-refractivity contribution in [2.75, 3.05) is 13.7 Å². The van der Waals surface area contributed by atoms with Crippen LogP contribution in [0.4, 0.5) is 0 Å². The number of phenolic OH excluding ortho intramolecular Hbond substituents is 1. The van der Waals surface area contributed by atoms with Crippen molar-refractivity contribution in [1.29, 1.82) is 5.26 Å². The van der Waals surface area contributed by atoms with Gasteiger partial charge < -0.3 is 20.1 Å². The molecule has 20 heavy (non-hydrogen) atoms. The Kier molecular flexibility index (Phi) is 5.62. The molecule has 1 aromatic rings. The second-order valence-corrected chi connectivity index (χ2v) is 3.98. The predicted molar refractivity (Wildman–Crippen MR) is 69.0 cm³/mol. The fraction of sp³-hybridized carbons (Fsp3) is 0.417. The second-order valence-electron chi connectivity index (χ2n) is 3.98. The largest absolute Gasteiger partial charge is 0.504 e. The highest BCUT2D eigenvalue weighted by Gasteiger charge is 2.23. The van der Waals surface area contributed by atoms with E-state index in [2.05, 4.69) is 10.0 Å². The molecule has 0 heterocycles. The number of aliphatic hydroxyl groups is 2. The van der Waals surface area contributed by atoms with Crippen LogP contribution in [0.15, 0.2) is 17.2 Å². The zero-order valence-corrected chi connectivity index (χ0v) is 10.8. The first-order valence-corrected chi connectivity index (χ1v) is 5.73. The van der Waals surface area contributed by atoms with Crippen molar-refractivity contribution >= 4 is 0 Å². The summed E-state index contributed by atoms with van der Waals surface area (Å²) in [4.78, 5) is 2.53. The molecular formula is C12H14N4O4. The zero-order valence-electron chi connectivity index (χ0n) is 10.8. The van der Waals surface area contributed by atoms with Crippen molar-refractivity contribution < 1.29 is 20.1 Å². The molecule has 106 valence electrons. The van der Waals surface area contributed by atoms with E-state index < -0.39 is 12.2 Å². The van der Waals surface area contributed by atoms with Crippen molar-refractivity contribution in [1.82, 2.24) is 0 Å². The molecule has 0 aromatic heterocycles. The number of azide groups is 1.